The first kappa shape index (κ1) is 15.7. The summed E-state index contributed by atoms with van der Waals surface area (Å²) in [5.41, 5.74) is 0. The third kappa shape index (κ3) is 4.66. The molecule has 4 atom stereocenters. The first-order chi connectivity index (χ1) is 8.24. The highest BCUT2D eigenvalue weighted by Gasteiger charge is 2.33. The van der Waals surface area contributed by atoms with Crippen LogP contribution in [0.4, 0.5) is 0 Å². The molecule has 0 radical (unpaired) electrons. The van der Waals surface area contributed by atoms with Crippen LogP contribution in [0.1, 0.15) is 26.7 Å². The van der Waals surface area contributed by atoms with Crippen LogP contribution in [-0.2, 0) is 4.74 Å². The van der Waals surface area contributed by atoms with Gasteiger partial charge in [-0.15, -0.1) is 0 Å². The molecule has 1 rings (SSSR count). The SMILES string of the molecule is CCC1SCCSC1C(NC)C(C)CCOC. The fraction of sp³-hybridized carbons (Fsp3) is 1.00. The van der Waals surface area contributed by atoms with Crippen molar-refractivity contribution >= 4 is 23.5 Å². The zero-order valence-corrected chi connectivity index (χ0v) is 13.2. The van der Waals surface area contributed by atoms with E-state index in [1.165, 1.54) is 17.9 Å². The molecule has 0 spiro atoms. The van der Waals surface area contributed by atoms with Crippen LogP contribution in [0.3, 0.4) is 0 Å². The summed E-state index contributed by atoms with van der Waals surface area (Å²) in [6, 6.07) is 0.618. The molecule has 2 nitrogen and oxygen atoms in total. The topological polar surface area (TPSA) is 21.3 Å². The maximum atomic E-state index is 5.21. The van der Waals surface area contributed by atoms with Crippen molar-refractivity contribution in [1.29, 1.82) is 0 Å². The number of hydrogen-bond acceptors (Lipinski definition) is 4. The van der Waals surface area contributed by atoms with Crippen molar-refractivity contribution in [1.82, 2.24) is 5.32 Å². The smallest absolute Gasteiger partial charge is 0.0465 e. The summed E-state index contributed by atoms with van der Waals surface area (Å²) in [6.07, 6.45) is 2.44. The second kappa shape index (κ2) is 8.68. The van der Waals surface area contributed by atoms with Crippen molar-refractivity contribution in [2.24, 2.45) is 5.92 Å². The first-order valence-electron chi connectivity index (χ1n) is 6.64. The monoisotopic (exact) mass is 277 g/mol. The van der Waals surface area contributed by atoms with Gasteiger partial charge in [0.1, 0.15) is 0 Å². The van der Waals surface area contributed by atoms with Gasteiger partial charge in [-0.3, -0.25) is 0 Å². The van der Waals surface area contributed by atoms with Gasteiger partial charge in [-0.2, -0.15) is 23.5 Å². The number of nitrogens with one attached hydrogen (secondary N) is 1. The van der Waals surface area contributed by atoms with E-state index in [1.807, 2.05) is 0 Å². The summed E-state index contributed by atoms with van der Waals surface area (Å²) in [6.45, 7) is 5.55. The average Bonchev–Trinajstić information content (AvgIpc) is 2.37. The fourth-order valence-corrected chi connectivity index (χ4v) is 5.96. The maximum Gasteiger partial charge on any atom is 0.0465 e. The summed E-state index contributed by atoms with van der Waals surface area (Å²) < 4.78 is 5.21. The summed E-state index contributed by atoms with van der Waals surface area (Å²) >= 11 is 4.33. The van der Waals surface area contributed by atoms with Gasteiger partial charge in [0, 0.05) is 41.8 Å². The lowest BCUT2D eigenvalue weighted by Gasteiger charge is -2.38. The molecular weight excluding hydrogens is 250 g/mol. The minimum Gasteiger partial charge on any atom is -0.385 e. The molecule has 1 aliphatic rings. The molecular formula is C13H27NOS2. The molecule has 0 aromatic heterocycles. The molecule has 1 saturated heterocycles. The molecule has 1 fully saturated rings. The van der Waals surface area contributed by atoms with Crippen LogP contribution in [0.15, 0.2) is 0 Å². The van der Waals surface area contributed by atoms with Crippen molar-refractivity contribution in [2.75, 3.05) is 32.3 Å². The Bertz CT molecular complexity index is 204. The van der Waals surface area contributed by atoms with E-state index in [0.717, 1.165) is 23.5 Å². The van der Waals surface area contributed by atoms with Crippen molar-refractivity contribution < 1.29 is 4.74 Å². The highest BCUT2D eigenvalue weighted by molar-refractivity contribution is 8.07. The van der Waals surface area contributed by atoms with Crippen LogP contribution in [-0.4, -0.2) is 48.8 Å². The van der Waals surface area contributed by atoms with Crippen molar-refractivity contribution in [3.05, 3.63) is 0 Å². The van der Waals surface area contributed by atoms with Crippen molar-refractivity contribution in [3.63, 3.8) is 0 Å². The second-order valence-corrected chi connectivity index (χ2v) is 7.36. The maximum absolute atomic E-state index is 5.21. The second-order valence-electron chi connectivity index (χ2n) is 4.73. The quantitative estimate of drug-likeness (QED) is 0.772. The van der Waals surface area contributed by atoms with Gasteiger partial charge in [-0.25, -0.2) is 0 Å². The van der Waals surface area contributed by atoms with Gasteiger partial charge in [-0.05, 0) is 25.8 Å². The molecule has 4 unspecified atom stereocenters. The van der Waals surface area contributed by atoms with E-state index in [1.54, 1.807) is 7.11 Å². The number of methoxy groups -OCH3 is 1. The molecule has 4 heteroatoms. The van der Waals surface area contributed by atoms with Gasteiger partial charge in [-0.1, -0.05) is 13.8 Å². The zero-order chi connectivity index (χ0) is 12.7. The van der Waals surface area contributed by atoms with Crippen LogP contribution < -0.4 is 5.32 Å². The third-order valence-electron chi connectivity index (χ3n) is 3.57. The van der Waals surface area contributed by atoms with Crippen LogP contribution >= 0.6 is 23.5 Å². The Morgan fingerprint density at radius 2 is 2.06 bits per heavy atom. The Labute approximate surface area is 115 Å². The van der Waals surface area contributed by atoms with Crippen LogP contribution in [0.5, 0.6) is 0 Å². The highest BCUT2D eigenvalue weighted by atomic mass is 32.2. The minimum atomic E-state index is 0.618. The third-order valence-corrected chi connectivity index (χ3v) is 6.94. The van der Waals surface area contributed by atoms with E-state index in [2.05, 4.69) is 49.7 Å². The number of thioether (sulfide) groups is 2. The molecule has 1 N–H and O–H groups in total. The lowest BCUT2D eigenvalue weighted by Crippen LogP contribution is -2.47. The van der Waals surface area contributed by atoms with E-state index in [9.17, 15) is 0 Å². The standard InChI is InChI=1S/C13H27NOS2/c1-5-11-13(17-9-8-16-11)12(14-3)10(2)6-7-15-4/h10-14H,5-9H2,1-4H3. The van der Waals surface area contributed by atoms with Crippen molar-refractivity contribution in [2.45, 2.75) is 43.2 Å². The molecule has 1 aliphatic heterocycles. The average molecular weight is 277 g/mol. The largest absolute Gasteiger partial charge is 0.385 e. The molecule has 1 heterocycles. The Morgan fingerprint density at radius 1 is 1.35 bits per heavy atom. The van der Waals surface area contributed by atoms with Crippen LogP contribution in [0, 0.1) is 5.92 Å². The van der Waals surface area contributed by atoms with E-state index >= 15 is 0 Å². The lowest BCUT2D eigenvalue weighted by molar-refractivity contribution is 0.170. The summed E-state index contributed by atoms with van der Waals surface area (Å²) in [4.78, 5) is 0. The van der Waals surface area contributed by atoms with E-state index in [4.69, 9.17) is 4.74 Å². The molecule has 0 aromatic rings. The number of rotatable bonds is 7. The van der Waals surface area contributed by atoms with Crippen molar-refractivity contribution in [3.8, 4) is 0 Å². The minimum absolute atomic E-state index is 0.618. The van der Waals surface area contributed by atoms with E-state index in [-0.39, 0.29) is 0 Å². The number of ether oxygens (including phenoxy) is 1. The summed E-state index contributed by atoms with van der Waals surface area (Å²) in [5, 5.41) is 5.13. The predicted molar refractivity (Wildman–Crippen MR) is 81.3 cm³/mol. The van der Waals surface area contributed by atoms with Gasteiger partial charge in [0.2, 0.25) is 0 Å². The predicted octanol–water partition coefficient (Wildman–Crippen LogP) is 2.87. The van der Waals surface area contributed by atoms with E-state index in [0.29, 0.717) is 12.0 Å². The highest BCUT2D eigenvalue weighted by Crippen LogP contribution is 2.37. The fourth-order valence-electron chi connectivity index (χ4n) is 2.53. The van der Waals surface area contributed by atoms with Crippen LogP contribution in [0.25, 0.3) is 0 Å². The normalized spacial score (nSPS) is 28.9. The Balaban J connectivity index is 2.56. The molecule has 0 aromatic carbocycles. The van der Waals surface area contributed by atoms with Crippen LogP contribution in [0.2, 0.25) is 0 Å². The zero-order valence-electron chi connectivity index (χ0n) is 11.6. The Kier molecular flexibility index (Phi) is 8.00. The van der Waals surface area contributed by atoms with Gasteiger partial charge in [0.25, 0.3) is 0 Å². The summed E-state index contributed by atoms with van der Waals surface area (Å²) in [7, 11) is 3.90. The lowest BCUT2D eigenvalue weighted by atomic mass is 9.93. The molecule has 0 aliphatic carbocycles. The molecule has 17 heavy (non-hydrogen) atoms. The Hall–Kier alpha value is 0.620. The van der Waals surface area contributed by atoms with Gasteiger partial charge < -0.3 is 10.1 Å². The first-order valence-corrected chi connectivity index (χ1v) is 8.73. The molecule has 0 saturated carbocycles. The van der Waals surface area contributed by atoms with E-state index < -0.39 is 0 Å². The Morgan fingerprint density at radius 3 is 2.65 bits per heavy atom. The van der Waals surface area contributed by atoms with Gasteiger partial charge in [0.15, 0.2) is 0 Å². The molecule has 0 amide bonds. The summed E-state index contributed by atoms with van der Waals surface area (Å²) in [5.74, 6) is 3.31. The van der Waals surface area contributed by atoms with Gasteiger partial charge >= 0.3 is 0 Å². The van der Waals surface area contributed by atoms with Gasteiger partial charge in [0.05, 0.1) is 0 Å². The molecule has 102 valence electrons. The molecule has 0 bridgehead atoms. The number of hydrogen-bond donors (Lipinski definition) is 1.